The second-order valence-electron chi connectivity index (χ2n) is 8.02. The number of likely N-dealkylation sites (tertiary alicyclic amines) is 1. The molecule has 1 aromatic carbocycles. The van der Waals surface area contributed by atoms with E-state index in [1.165, 1.54) is 18.0 Å². The van der Waals surface area contributed by atoms with Crippen LogP contribution < -0.4 is 10.6 Å². The molecule has 10 nitrogen and oxygen atoms in total. The third-order valence-corrected chi connectivity index (χ3v) is 6.24. The molecular weight excluding hydrogens is 400 g/mol. The quantitative estimate of drug-likeness (QED) is 0.489. The van der Waals surface area contributed by atoms with Crippen molar-refractivity contribution < 1.29 is 19.5 Å². The number of carbonyl (C=O) groups is 3. The number of piperidine rings is 1. The predicted molar refractivity (Wildman–Crippen MR) is 111 cm³/mol. The van der Waals surface area contributed by atoms with Gasteiger partial charge in [-0.3, -0.25) is 14.3 Å². The number of H-pyrrole nitrogens is 1. The Labute approximate surface area is 177 Å². The summed E-state index contributed by atoms with van der Waals surface area (Å²) in [5.74, 6) is -0.398. The molecule has 10 heteroatoms. The summed E-state index contributed by atoms with van der Waals surface area (Å²) in [5, 5.41) is 20.0. The molecule has 0 unspecified atom stereocenters. The fraction of sp³-hybridized carbons (Fsp3) is 0.333. The number of nitrogens with zero attached hydrogens (tertiary/aromatic N) is 3. The van der Waals surface area contributed by atoms with Gasteiger partial charge in [-0.15, -0.1) is 0 Å². The smallest absolute Gasteiger partial charge is 0.407 e. The highest BCUT2D eigenvalue weighted by Crippen LogP contribution is 2.45. The molecule has 0 spiro atoms. The summed E-state index contributed by atoms with van der Waals surface area (Å²) >= 11 is 0. The number of fused-ring (bicyclic) bond motifs is 2. The Bertz CT molecular complexity index is 1190. The van der Waals surface area contributed by atoms with Crippen molar-refractivity contribution >= 4 is 28.8 Å². The fourth-order valence-electron chi connectivity index (χ4n) is 4.53. The van der Waals surface area contributed by atoms with Gasteiger partial charge in [0, 0.05) is 61.2 Å². The summed E-state index contributed by atoms with van der Waals surface area (Å²) in [5.41, 5.74) is 2.42. The van der Waals surface area contributed by atoms with Crippen molar-refractivity contribution in [3.05, 3.63) is 53.5 Å². The molecule has 2 aromatic heterocycles. The van der Waals surface area contributed by atoms with Crippen LogP contribution in [-0.4, -0.2) is 68.9 Å². The van der Waals surface area contributed by atoms with Crippen LogP contribution in [0, 0.1) is 11.8 Å². The van der Waals surface area contributed by atoms with E-state index in [0.717, 1.165) is 16.5 Å². The van der Waals surface area contributed by atoms with Crippen LogP contribution in [0.5, 0.6) is 0 Å². The summed E-state index contributed by atoms with van der Waals surface area (Å²) in [7, 11) is 1.52. The number of carbonyl (C=O) groups excluding carboxylic acids is 2. The molecule has 3 atom stereocenters. The van der Waals surface area contributed by atoms with E-state index in [2.05, 4.69) is 20.7 Å². The number of hydrogen-bond donors (Lipinski definition) is 4. The first-order valence-corrected chi connectivity index (χ1v) is 10.1. The summed E-state index contributed by atoms with van der Waals surface area (Å²) in [6.07, 6.45) is 0.928. The maximum Gasteiger partial charge on any atom is 0.407 e. The lowest BCUT2D eigenvalue weighted by Gasteiger charge is -2.16. The van der Waals surface area contributed by atoms with Crippen LogP contribution in [-0.2, 0) is 6.54 Å². The summed E-state index contributed by atoms with van der Waals surface area (Å²) in [6.45, 7) is 1.20. The van der Waals surface area contributed by atoms with Crippen molar-refractivity contribution in [2.75, 3.05) is 20.1 Å². The van der Waals surface area contributed by atoms with E-state index in [4.69, 9.17) is 5.11 Å². The van der Waals surface area contributed by atoms with Gasteiger partial charge in [-0.05, 0) is 17.7 Å². The molecule has 160 valence electrons. The SMILES string of the molecule is CNC(=O)c1cc(C(=O)N[C@H]2[C@@H]3CN(C(=O)O)C[C@@H]32)n(Cc2cccc3[nH]ccc23)n1. The number of nitrogens with one attached hydrogen (secondary N) is 3. The molecule has 31 heavy (non-hydrogen) atoms. The zero-order valence-corrected chi connectivity index (χ0v) is 16.8. The van der Waals surface area contributed by atoms with Gasteiger partial charge in [0.1, 0.15) is 5.69 Å². The zero-order valence-electron chi connectivity index (χ0n) is 16.8. The van der Waals surface area contributed by atoms with Crippen LogP contribution in [0.3, 0.4) is 0 Å². The van der Waals surface area contributed by atoms with Crippen LogP contribution in [0.25, 0.3) is 10.9 Å². The maximum absolute atomic E-state index is 13.1. The van der Waals surface area contributed by atoms with Gasteiger partial charge < -0.3 is 25.6 Å². The standard InChI is InChI=1S/C21H22N6O4/c1-22-19(28)16-7-17(20(29)24-18-13-9-26(21(30)31)10-14(13)18)27(25-16)8-11-3-2-4-15-12(11)5-6-23-15/h2-7,13-14,18,23H,8-10H2,1H3,(H,22,28)(H,24,29)(H,30,31)/t13-,14+,18+. The molecule has 3 heterocycles. The molecule has 5 rings (SSSR count). The Morgan fingerprint density at radius 1 is 1.19 bits per heavy atom. The molecule has 1 saturated carbocycles. The van der Waals surface area contributed by atoms with Crippen molar-refractivity contribution in [1.82, 2.24) is 30.3 Å². The summed E-state index contributed by atoms with van der Waals surface area (Å²) in [4.78, 5) is 40.8. The fourth-order valence-corrected chi connectivity index (χ4v) is 4.53. The third kappa shape index (κ3) is 3.29. The van der Waals surface area contributed by atoms with Crippen LogP contribution >= 0.6 is 0 Å². The molecule has 0 bridgehead atoms. The zero-order chi connectivity index (χ0) is 21.7. The first-order valence-electron chi connectivity index (χ1n) is 10.1. The van der Waals surface area contributed by atoms with Gasteiger partial charge in [-0.2, -0.15) is 5.10 Å². The lowest BCUT2D eigenvalue weighted by Crippen LogP contribution is -2.37. The van der Waals surface area contributed by atoms with Crippen LogP contribution in [0.2, 0.25) is 0 Å². The van der Waals surface area contributed by atoms with E-state index < -0.39 is 6.09 Å². The minimum Gasteiger partial charge on any atom is -0.465 e. The molecule has 3 amide bonds. The van der Waals surface area contributed by atoms with Gasteiger partial charge >= 0.3 is 6.09 Å². The van der Waals surface area contributed by atoms with E-state index in [1.807, 2.05) is 30.5 Å². The van der Waals surface area contributed by atoms with Gasteiger partial charge in [-0.25, -0.2) is 4.79 Å². The second kappa shape index (κ2) is 7.15. The van der Waals surface area contributed by atoms with Crippen molar-refractivity contribution in [3.8, 4) is 0 Å². The molecule has 2 fully saturated rings. The normalized spacial score (nSPS) is 21.7. The highest BCUT2D eigenvalue weighted by Gasteiger charge is 2.57. The Hall–Kier alpha value is -3.82. The van der Waals surface area contributed by atoms with Gasteiger partial charge in [0.15, 0.2) is 5.69 Å². The number of aromatic nitrogens is 3. The Kier molecular flexibility index (Phi) is 4.42. The number of carboxylic acid groups (broad SMARTS) is 1. The molecule has 4 N–H and O–H groups in total. The van der Waals surface area contributed by atoms with E-state index in [1.54, 1.807) is 4.68 Å². The van der Waals surface area contributed by atoms with Gasteiger partial charge in [-0.1, -0.05) is 12.1 Å². The number of hydrogen-bond acceptors (Lipinski definition) is 4. The third-order valence-electron chi connectivity index (χ3n) is 6.24. The van der Waals surface area contributed by atoms with Crippen molar-refractivity contribution in [3.63, 3.8) is 0 Å². The van der Waals surface area contributed by atoms with E-state index >= 15 is 0 Å². The number of aromatic amines is 1. The first-order chi connectivity index (χ1) is 15.0. The predicted octanol–water partition coefficient (Wildman–Crippen LogP) is 1.11. The molecule has 1 aliphatic carbocycles. The average Bonchev–Trinajstić information content (AvgIpc) is 3.25. The Morgan fingerprint density at radius 3 is 2.68 bits per heavy atom. The topological polar surface area (TPSA) is 132 Å². The van der Waals surface area contributed by atoms with Crippen molar-refractivity contribution in [2.24, 2.45) is 11.8 Å². The lowest BCUT2D eigenvalue weighted by molar-refractivity contribution is 0.0930. The monoisotopic (exact) mass is 422 g/mol. The van der Waals surface area contributed by atoms with Gasteiger partial charge in [0.2, 0.25) is 0 Å². The molecule has 1 aliphatic heterocycles. The highest BCUT2D eigenvalue weighted by molar-refractivity contribution is 5.98. The van der Waals surface area contributed by atoms with Crippen LogP contribution in [0.4, 0.5) is 4.79 Å². The van der Waals surface area contributed by atoms with E-state index in [9.17, 15) is 14.4 Å². The first kappa shape index (κ1) is 19.2. The average molecular weight is 422 g/mol. The molecular formula is C21H22N6O4. The minimum absolute atomic E-state index is 0.0528. The van der Waals surface area contributed by atoms with E-state index in [-0.39, 0.29) is 35.4 Å². The lowest BCUT2D eigenvalue weighted by atomic mass is 10.1. The molecule has 2 aliphatic rings. The van der Waals surface area contributed by atoms with Gasteiger partial charge in [0.25, 0.3) is 11.8 Å². The Balaban J connectivity index is 1.38. The molecule has 1 saturated heterocycles. The summed E-state index contributed by atoms with van der Waals surface area (Å²) < 4.78 is 1.55. The number of rotatable bonds is 5. The Morgan fingerprint density at radius 2 is 1.97 bits per heavy atom. The summed E-state index contributed by atoms with van der Waals surface area (Å²) in [6, 6.07) is 9.27. The maximum atomic E-state index is 13.1. The number of benzene rings is 1. The molecule has 0 radical (unpaired) electrons. The van der Waals surface area contributed by atoms with Crippen LogP contribution in [0.1, 0.15) is 26.5 Å². The van der Waals surface area contributed by atoms with Crippen LogP contribution in [0.15, 0.2) is 36.5 Å². The number of amides is 3. The van der Waals surface area contributed by atoms with Gasteiger partial charge in [0.05, 0.1) is 6.54 Å². The second-order valence-corrected chi connectivity index (χ2v) is 8.02. The van der Waals surface area contributed by atoms with Crippen molar-refractivity contribution in [1.29, 1.82) is 0 Å². The largest absolute Gasteiger partial charge is 0.465 e. The molecule has 3 aromatic rings. The minimum atomic E-state index is -0.926. The van der Waals surface area contributed by atoms with Crippen molar-refractivity contribution in [2.45, 2.75) is 12.6 Å². The van der Waals surface area contributed by atoms with E-state index in [0.29, 0.717) is 25.3 Å². The highest BCUT2D eigenvalue weighted by atomic mass is 16.4.